The Kier molecular flexibility index (Phi) is 6.01. The Labute approximate surface area is 159 Å². The molecule has 7 heteroatoms. The first kappa shape index (κ1) is 18.8. The highest BCUT2D eigenvalue weighted by atomic mass is 16.6. The minimum atomic E-state index is -0.350. The Bertz CT molecular complexity index is 774. The second kappa shape index (κ2) is 8.62. The number of hydrogen-bond acceptors (Lipinski definition) is 6. The van der Waals surface area contributed by atoms with E-state index < -0.39 is 0 Å². The molecule has 0 N–H and O–H groups in total. The fourth-order valence-corrected chi connectivity index (χ4v) is 3.32. The molecule has 0 bridgehead atoms. The summed E-state index contributed by atoms with van der Waals surface area (Å²) in [4.78, 5) is 15.6. The molecule has 144 valence electrons. The van der Waals surface area contributed by atoms with Gasteiger partial charge in [0.1, 0.15) is 5.69 Å². The molecule has 0 spiro atoms. The van der Waals surface area contributed by atoms with Gasteiger partial charge in [-0.15, -0.1) is 0 Å². The summed E-state index contributed by atoms with van der Waals surface area (Å²) in [5.41, 5.74) is 1.81. The van der Waals surface area contributed by atoms with Crippen LogP contribution in [-0.4, -0.2) is 44.3 Å². The molecule has 2 aromatic carbocycles. The summed E-state index contributed by atoms with van der Waals surface area (Å²) in [6.07, 6.45) is 0. The van der Waals surface area contributed by atoms with Gasteiger partial charge in [0.25, 0.3) is 5.69 Å². The molecule has 0 amide bonds. The van der Waals surface area contributed by atoms with Gasteiger partial charge in [-0.25, -0.2) is 0 Å². The molecular weight excluding hydrogens is 346 g/mol. The molecular formula is C20H25N3O4. The quantitative estimate of drug-likeness (QED) is 0.546. The maximum atomic E-state index is 11.6. The minimum absolute atomic E-state index is 0.0510. The van der Waals surface area contributed by atoms with Crippen LogP contribution < -0.4 is 19.3 Å². The molecule has 1 heterocycles. The van der Waals surface area contributed by atoms with Crippen molar-refractivity contribution in [3.05, 3.63) is 52.6 Å². The monoisotopic (exact) mass is 371 g/mol. The van der Waals surface area contributed by atoms with Crippen molar-refractivity contribution in [1.82, 2.24) is 0 Å². The maximum absolute atomic E-state index is 11.6. The molecule has 3 rings (SSSR count). The van der Waals surface area contributed by atoms with Gasteiger partial charge in [0.2, 0.25) is 0 Å². The lowest BCUT2D eigenvalue weighted by Gasteiger charge is -2.37. The molecule has 0 radical (unpaired) electrons. The number of benzene rings is 2. The maximum Gasteiger partial charge on any atom is 0.296 e. The van der Waals surface area contributed by atoms with E-state index in [9.17, 15) is 10.1 Å². The standard InChI is InChI=1S/C20H25N3O4/c1-3-26-19-14-17(18(23(24)25)15-20(19)27-4-2)22-12-10-21(11-13-22)16-8-6-5-7-9-16/h5-9,14-15H,3-4,10-13H2,1-2H3. The number of nitrogens with zero attached hydrogens (tertiary/aromatic N) is 3. The summed E-state index contributed by atoms with van der Waals surface area (Å²) in [6.45, 7) is 7.64. The van der Waals surface area contributed by atoms with Crippen LogP contribution in [0.15, 0.2) is 42.5 Å². The van der Waals surface area contributed by atoms with E-state index >= 15 is 0 Å². The van der Waals surface area contributed by atoms with Gasteiger partial charge in [-0.05, 0) is 26.0 Å². The third-order valence-corrected chi connectivity index (χ3v) is 4.58. The predicted molar refractivity (Wildman–Crippen MR) is 106 cm³/mol. The number of piperazine rings is 1. The van der Waals surface area contributed by atoms with E-state index in [0.717, 1.165) is 13.1 Å². The number of ether oxygens (including phenoxy) is 2. The second-order valence-electron chi connectivity index (χ2n) is 6.22. The van der Waals surface area contributed by atoms with Gasteiger partial charge in [-0.3, -0.25) is 10.1 Å². The first-order valence-corrected chi connectivity index (χ1v) is 9.27. The molecule has 0 aliphatic carbocycles. The van der Waals surface area contributed by atoms with Crippen molar-refractivity contribution in [3.63, 3.8) is 0 Å². The summed E-state index contributed by atoms with van der Waals surface area (Å²) in [5, 5.41) is 11.6. The number of para-hydroxylation sites is 1. The third kappa shape index (κ3) is 4.24. The normalized spacial score (nSPS) is 14.1. The van der Waals surface area contributed by atoms with Crippen LogP contribution in [0.25, 0.3) is 0 Å². The van der Waals surface area contributed by atoms with Crippen molar-refractivity contribution >= 4 is 17.1 Å². The topological polar surface area (TPSA) is 68.1 Å². The second-order valence-corrected chi connectivity index (χ2v) is 6.22. The van der Waals surface area contributed by atoms with E-state index in [1.807, 2.05) is 32.0 Å². The Morgan fingerprint density at radius 2 is 1.48 bits per heavy atom. The lowest BCUT2D eigenvalue weighted by molar-refractivity contribution is -0.384. The molecule has 27 heavy (non-hydrogen) atoms. The van der Waals surface area contributed by atoms with Gasteiger partial charge in [-0.2, -0.15) is 0 Å². The lowest BCUT2D eigenvalue weighted by atomic mass is 10.1. The largest absolute Gasteiger partial charge is 0.490 e. The number of rotatable bonds is 7. The molecule has 0 atom stereocenters. The Morgan fingerprint density at radius 1 is 0.926 bits per heavy atom. The van der Waals surface area contributed by atoms with Gasteiger partial charge in [-0.1, -0.05) is 18.2 Å². The van der Waals surface area contributed by atoms with Crippen LogP contribution in [0.3, 0.4) is 0 Å². The molecule has 1 aliphatic rings. The van der Waals surface area contributed by atoms with Gasteiger partial charge < -0.3 is 19.3 Å². The van der Waals surface area contributed by atoms with Crippen LogP contribution >= 0.6 is 0 Å². The predicted octanol–water partition coefficient (Wildman–Crippen LogP) is 3.72. The van der Waals surface area contributed by atoms with Crippen molar-refractivity contribution in [3.8, 4) is 11.5 Å². The van der Waals surface area contributed by atoms with E-state index in [1.54, 1.807) is 6.07 Å². The first-order chi connectivity index (χ1) is 13.1. The van der Waals surface area contributed by atoms with Crippen LogP contribution in [0.1, 0.15) is 13.8 Å². The minimum Gasteiger partial charge on any atom is -0.490 e. The zero-order chi connectivity index (χ0) is 19.2. The average Bonchev–Trinajstić information content (AvgIpc) is 2.70. The number of hydrogen-bond donors (Lipinski definition) is 0. The summed E-state index contributed by atoms with van der Waals surface area (Å²) in [5.74, 6) is 0.961. The SMILES string of the molecule is CCOc1cc(N2CCN(c3ccccc3)CC2)c([N+](=O)[O-])cc1OCC. The van der Waals surface area contributed by atoms with Crippen LogP contribution in [0.2, 0.25) is 0 Å². The van der Waals surface area contributed by atoms with E-state index in [1.165, 1.54) is 11.8 Å². The van der Waals surface area contributed by atoms with E-state index in [4.69, 9.17) is 9.47 Å². The van der Waals surface area contributed by atoms with Crippen molar-refractivity contribution in [2.45, 2.75) is 13.8 Å². The number of nitro groups is 1. The van der Waals surface area contributed by atoms with Crippen LogP contribution in [-0.2, 0) is 0 Å². The molecule has 1 aliphatic heterocycles. The van der Waals surface area contributed by atoms with Crippen molar-refractivity contribution in [2.24, 2.45) is 0 Å². The van der Waals surface area contributed by atoms with Gasteiger partial charge >= 0.3 is 0 Å². The summed E-state index contributed by atoms with van der Waals surface area (Å²) < 4.78 is 11.2. The van der Waals surface area contributed by atoms with Crippen molar-refractivity contribution < 1.29 is 14.4 Å². The smallest absolute Gasteiger partial charge is 0.296 e. The van der Waals surface area contributed by atoms with Crippen molar-refractivity contribution in [2.75, 3.05) is 49.2 Å². The summed E-state index contributed by atoms with van der Waals surface area (Å²) >= 11 is 0. The Balaban J connectivity index is 1.85. The zero-order valence-electron chi connectivity index (χ0n) is 15.8. The number of anilines is 2. The van der Waals surface area contributed by atoms with Crippen LogP contribution in [0.4, 0.5) is 17.1 Å². The van der Waals surface area contributed by atoms with Gasteiger partial charge in [0, 0.05) is 37.9 Å². The molecule has 0 aromatic heterocycles. The van der Waals surface area contributed by atoms with Crippen LogP contribution in [0.5, 0.6) is 11.5 Å². The highest BCUT2D eigenvalue weighted by Crippen LogP contribution is 2.40. The number of nitro benzene ring substituents is 1. The average molecular weight is 371 g/mol. The van der Waals surface area contributed by atoms with Crippen LogP contribution in [0, 0.1) is 10.1 Å². The molecule has 2 aromatic rings. The first-order valence-electron chi connectivity index (χ1n) is 9.27. The van der Waals surface area contributed by atoms with E-state index in [-0.39, 0.29) is 10.6 Å². The fraction of sp³-hybridized carbons (Fsp3) is 0.400. The van der Waals surface area contributed by atoms with E-state index in [2.05, 4.69) is 21.9 Å². The Morgan fingerprint density at radius 3 is 2.04 bits per heavy atom. The lowest BCUT2D eigenvalue weighted by Crippen LogP contribution is -2.46. The van der Waals surface area contributed by atoms with Crippen molar-refractivity contribution in [1.29, 1.82) is 0 Å². The van der Waals surface area contributed by atoms with Gasteiger partial charge in [0.05, 0.1) is 24.2 Å². The summed E-state index contributed by atoms with van der Waals surface area (Å²) in [7, 11) is 0. The molecule has 0 saturated carbocycles. The zero-order valence-corrected chi connectivity index (χ0v) is 15.8. The molecule has 1 saturated heterocycles. The summed E-state index contributed by atoms with van der Waals surface area (Å²) in [6, 6.07) is 13.4. The molecule has 1 fully saturated rings. The fourth-order valence-electron chi connectivity index (χ4n) is 3.32. The molecule has 7 nitrogen and oxygen atoms in total. The Hall–Kier alpha value is -2.96. The van der Waals surface area contributed by atoms with Gasteiger partial charge in [0.15, 0.2) is 11.5 Å². The van der Waals surface area contributed by atoms with E-state index in [0.29, 0.717) is 43.5 Å². The molecule has 0 unspecified atom stereocenters. The highest BCUT2D eigenvalue weighted by Gasteiger charge is 2.27. The highest BCUT2D eigenvalue weighted by molar-refractivity contribution is 5.70. The third-order valence-electron chi connectivity index (χ3n) is 4.58.